The second-order valence-corrected chi connectivity index (χ2v) is 7.52. The maximum Gasteiger partial charge on any atom is 0.258 e. The predicted molar refractivity (Wildman–Crippen MR) is 114 cm³/mol. The van der Waals surface area contributed by atoms with Crippen molar-refractivity contribution in [2.24, 2.45) is 0 Å². The number of rotatable bonds is 5. The molecule has 1 aliphatic rings. The third-order valence-corrected chi connectivity index (χ3v) is 5.58. The van der Waals surface area contributed by atoms with Gasteiger partial charge >= 0.3 is 0 Å². The van der Waals surface area contributed by atoms with Crippen molar-refractivity contribution in [1.82, 2.24) is 14.3 Å². The summed E-state index contributed by atoms with van der Waals surface area (Å²) in [4.78, 5) is 22.1. The number of pyridine rings is 1. The minimum atomic E-state index is -0.106. The van der Waals surface area contributed by atoms with E-state index >= 15 is 0 Å². The maximum atomic E-state index is 12.8. The first-order chi connectivity index (χ1) is 14.0. The Bertz CT molecular complexity index is 1090. The normalized spacial score (nSPS) is 16.6. The van der Waals surface area contributed by atoms with E-state index in [2.05, 4.69) is 28.9 Å². The Labute approximate surface area is 170 Å². The maximum absolute atomic E-state index is 12.8. The minimum absolute atomic E-state index is 0.106. The molecular weight excluding hydrogens is 368 g/mol. The van der Waals surface area contributed by atoms with Crippen LogP contribution in [0.5, 0.6) is 11.5 Å². The zero-order valence-electron chi connectivity index (χ0n) is 17.3. The van der Waals surface area contributed by atoms with E-state index in [-0.39, 0.29) is 5.56 Å². The molecule has 29 heavy (non-hydrogen) atoms. The van der Waals surface area contributed by atoms with Crippen molar-refractivity contribution in [3.8, 4) is 22.8 Å². The van der Waals surface area contributed by atoms with Crippen molar-refractivity contribution in [2.45, 2.75) is 12.5 Å². The van der Waals surface area contributed by atoms with Gasteiger partial charge in [0.1, 0.15) is 5.65 Å². The summed E-state index contributed by atoms with van der Waals surface area (Å²) in [5.74, 6) is 1.24. The predicted octanol–water partition coefficient (Wildman–Crippen LogP) is 2.52. The average molecular weight is 394 g/mol. The van der Waals surface area contributed by atoms with Crippen LogP contribution in [0.1, 0.15) is 6.42 Å². The first-order valence-electron chi connectivity index (χ1n) is 9.67. The lowest BCUT2D eigenvalue weighted by molar-refractivity contribution is 0.315. The highest BCUT2D eigenvalue weighted by Gasteiger charge is 2.24. The van der Waals surface area contributed by atoms with Crippen molar-refractivity contribution in [1.29, 1.82) is 0 Å². The molecule has 7 nitrogen and oxygen atoms in total. The molecule has 0 bridgehead atoms. The molecule has 3 heterocycles. The van der Waals surface area contributed by atoms with Crippen LogP contribution in [0, 0.1) is 0 Å². The van der Waals surface area contributed by atoms with Gasteiger partial charge in [0.15, 0.2) is 11.5 Å². The number of benzene rings is 1. The van der Waals surface area contributed by atoms with Gasteiger partial charge in [-0.1, -0.05) is 0 Å². The van der Waals surface area contributed by atoms with Gasteiger partial charge in [-0.05, 0) is 50.8 Å². The minimum Gasteiger partial charge on any atom is -0.493 e. The molecule has 2 aromatic heterocycles. The van der Waals surface area contributed by atoms with E-state index in [4.69, 9.17) is 9.47 Å². The first-order valence-corrected chi connectivity index (χ1v) is 9.67. The molecule has 0 N–H and O–H groups in total. The molecule has 1 atom stereocenters. The van der Waals surface area contributed by atoms with E-state index in [1.807, 2.05) is 36.5 Å². The number of hydrogen-bond donors (Lipinski definition) is 0. The van der Waals surface area contributed by atoms with E-state index in [1.54, 1.807) is 24.7 Å². The van der Waals surface area contributed by atoms with Gasteiger partial charge < -0.3 is 19.3 Å². The summed E-state index contributed by atoms with van der Waals surface area (Å²) in [5, 5.41) is 0. The highest BCUT2D eigenvalue weighted by atomic mass is 16.5. The van der Waals surface area contributed by atoms with Gasteiger partial charge in [0.05, 0.1) is 25.6 Å². The van der Waals surface area contributed by atoms with Crippen molar-refractivity contribution >= 4 is 11.3 Å². The summed E-state index contributed by atoms with van der Waals surface area (Å²) in [6, 6.07) is 11.6. The van der Waals surface area contributed by atoms with Crippen LogP contribution in [-0.4, -0.2) is 61.7 Å². The summed E-state index contributed by atoms with van der Waals surface area (Å²) in [7, 11) is 7.40. The van der Waals surface area contributed by atoms with Crippen molar-refractivity contribution < 1.29 is 9.47 Å². The van der Waals surface area contributed by atoms with Crippen LogP contribution in [0.3, 0.4) is 0 Å². The lowest BCUT2D eigenvalue weighted by atomic mass is 10.1. The summed E-state index contributed by atoms with van der Waals surface area (Å²) >= 11 is 0. The molecule has 1 saturated heterocycles. The number of ether oxygens (including phenoxy) is 2. The van der Waals surface area contributed by atoms with E-state index in [0.717, 1.165) is 30.8 Å². The summed E-state index contributed by atoms with van der Waals surface area (Å²) in [6.07, 6.45) is 3.01. The number of likely N-dealkylation sites (N-methyl/N-ethyl adjacent to an activating group) is 1. The fourth-order valence-electron chi connectivity index (χ4n) is 3.82. The summed E-state index contributed by atoms with van der Waals surface area (Å²) in [6.45, 7) is 1.95. The molecule has 1 aliphatic heterocycles. The van der Waals surface area contributed by atoms with Gasteiger partial charge in [0.2, 0.25) is 0 Å². The third kappa shape index (κ3) is 3.65. The van der Waals surface area contributed by atoms with Gasteiger partial charge in [-0.3, -0.25) is 9.20 Å². The second kappa shape index (κ2) is 7.75. The molecule has 0 radical (unpaired) electrons. The summed E-state index contributed by atoms with van der Waals surface area (Å²) < 4.78 is 12.3. The molecule has 152 valence electrons. The number of anilines is 1. The highest BCUT2D eigenvalue weighted by Crippen LogP contribution is 2.31. The molecule has 1 fully saturated rings. The van der Waals surface area contributed by atoms with Gasteiger partial charge in [0.25, 0.3) is 5.56 Å². The molecule has 1 aromatic carbocycles. The number of fused-ring (bicyclic) bond motifs is 1. The van der Waals surface area contributed by atoms with Gasteiger partial charge in [-0.15, -0.1) is 0 Å². The zero-order valence-corrected chi connectivity index (χ0v) is 17.3. The molecule has 7 heteroatoms. The quantitative estimate of drug-likeness (QED) is 0.663. The van der Waals surface area contributed by atoms with E-state index in [0.29, 0.717) is 28.9 Å². The second-order valence-electron chi connectivity index (χ2n) is 7.52. The fourth-order valence-corrected chi connectivity index (χ4v) is 3.82. The number of hydrogen-bond acceptors (Lipinski definition) is 6. The SMILES string of the molecule is COc1ccc(-c2cc(=O)n3cc(N4CC[C@H](N(C)C)C4)ccc3n2)cc1OC. The van der Waals surface area contributed by atoms with Crippen LogP contribution >= 0.6 is 0 Å². The Morgan fingerprint density at radius 2 is 1.86 bits per heavy atom. The first kappa shape index (κ1) is 19.3. The average Bonchev–Trinajstić information content (AvgIpc) is 3.23. The zero-order chi connectivity index (χ0) is 20.5. The molecule has 4 rings (SSSR count). The lowest BCUT2D eigenvalue weighted by Gasteiger charge is -2.22. The Hall–Kier alpha value is -3.06. The molecule has 0 saturated carbocycles. The largest absolute Gasteiger partial charge is 0.493 e. The Morgan fingerprint density at radius 3 is 2.55 bits per heavy atom. The van der Waals surface area contributed by atoms with Crippen LogP contribution < -0.4 is 19.9 Å². The molecular formula is C22H26N4O3. The van der Waals surface area contributed by atoms with E-state index in [1.165, 1.54) is 0 Å². The van der Waals surface area contributed by atoms with Crippen LogP contribution in [0.2, 0.25) is 0 Å². The highest BCUT2D eigenvalue weighted by molar-refractivity contribution is 5.66. The van der Waals surface area contributed by atoms with Crippen LogP contribution in [0.4, 0.5) is 5.69 Å². The fraction of sp³-hybridized carbons (Fsp3) is 0.364. The standard InChI is InChI=1S/C22H26N4O3/c1-24(2)16-9-10-25(13-16)17-6-8-21-23-18(12-22(27)26(21)14-17)15-5-7-19(28-3)20(11-15)29-4/h5-8,11-12,14,16H,9-10,13H2,1-4H3/t16-/m0/s1. The Kier molecular flexibility index (Phi) is 5.15. The Morgan fingerprint density at radius 1 is 1.07 bits per heavy atom. The molecule has 0 unspecified atom stereocenters. The van der Waals surface area contributed by atoms with Gasteiger partial charge in [-0.2, -0.15) is 0 Å². The lowest BCUT2D eigenvalue weighted by Crippen LogP contribution is -2.31. The smallest absolute Gasteiger partial charge is 0.258 e. The molecule has 0 aliphatic carbocycles. The number of aromatic nitrogens is 2. The van der Waals surface area contributed by atoms with Gasteiger partial charge in [-0.25, -0.2) is 4.98 Å². The van der Waals surface area contributed by atoms with Crippen molar-refractivity contribution in [3.63, 3.8) is 0 Å². The van der Waals surface area contributed by atoms with E-state index in [9.17, 15) is 4.79 Å². The number of nitrogens with zero attached hydrogens (tertiary/aromatic N) is 4. The van der Waals surface area contributed by atoms with Crippen LogP contribution in [-0.2, 0) is 0 Å². The van der Waals surface area contributed by atoms with Crippen molar-refractivity contribution in [2.75, 3.05) is 46.3 Å². The topological polar surface area (TPSA) is 59.3 Å². The van der Waals surface area contributed by atoms with Crippen LogP contribution in [0.15, 0.2) is 47.4 Å². The molecule has 3 aromatic rings. The third-order valence-electron chi connectivity index (χ3n) is 5.58. The Balaban J connectivity index is 1.69. The van der Waals surface area contributed by atoms with E-state index < -0.39 is 0 Å². The summed E-state index contributed by atoms with van der Waals surface area (Å²) in [5.41, 5.74) is 2.97. The molecule has 0 spiro atoms. The monoisotopic (exact) mass is 394 g/mol. The number of methoxy groups -OCH3 is 2. The molecule has 0 amide bonds. The van der Waals surface area contributed by atoms with Crippen LogP contribution in [0.25, 0.3) is 16.9 Å². The van der Waals surface area contributed by atoms with Crippen molar-refractivity contribution in [3.05, 3.63) is 52.9 Å². The van der Waals surface area contributed by atoms with Gasteiger partial charge in [0, 0.05) is 37.0 Å².